The van der Waals surface area contributed by atoms with E-state index >= 15 is 0 Å². The van der Waals surface area contributed by atoms with Gasteiger partial charge in [0.1, 0.15) is 11.9 Å². The molecule has 7 heteroatoms. The molecule has 1 atom stereocenters. The van der Waals surface area contributed by atoms with Gasteiger partial charge in [-0.05, 0) is 49.0 Å². The number of benzene rings is 2. The SMILES string of the molecule is CNCCC(Oc1ccc(C)c2ccccc12)c1cccs1.O=C(O)C=CC(=O)O. The lowest BCUT2D eigenvalue weighted by atomic mass is 10.0. The molecule has 0 aliphatic carbocycles. The van der Waals surface area contributed by atoms with Crippen LogP contribution in [0.5, 0.6) is 5.75 Å². The molecule has 0 aliphatic heterocycles. The van der Waals surface area contributed by atoms with Gasteiger partial charge in [-0.3, -0.25) is 0 Å². The molecule has 158 valence electrons. The highest BCUT2D eigenvalue weighted by Gasteiger charge is 2.16. The van der Waals surface area contributed by atoms with Crippen LogP contribution in [0.25, 0.3) is 10.8 Å². The van der Waals surface area contributed by atoms with E-state index in [1.54, 1.807) is 11.3 Å². The van der Waals surface area contributed by atoms with Gasteiger partial charge in [-0.15, -0.1) is 11.3 Å². The summed E-state index contributed by atoms with van der Waals surface area (Å²) in [6, 6.07) is 16.9. The first-order valence-electron chi connectivity index (χ1n) is 9.39. The molecule has 0 spiro atoms. The van der Waals surface area contributed by atoms with Crippen molar-refractivity contribution < 1.29 is 24.5 Å². The minimum absolute atomic E-state index is 0.0959. The van der Waals surface area contributed by atoms with Crippen molar-refractivity contribution in [1.29, 1.82) is 0 Å². The Hall–Kier alpha value is -3.16. The molecule has 0 saturated heterocycles. The Kier molecular flexibility index (Phi) is 9.05. The average molecular weight is 428 g/mol. The third kappa shape index (κ3) is 7.02. The van der Waals surface area contributed by atoms with Crippen LogP contribution in [0.2, 0.25) is 0 Å². The van der Waals surface area contributed by atoms with Crippen molar-refractivity contribution in [3.05, 3.63) is 76.5 Å². The van der Waals surface area contributed by atoms with E-state index in [9.17, 15) is 9.59 Å². The number of aliphatic carboxylic acids is 2. The van der Waals surface area contributed by atoms with E-state index in [4.69, 9.17) is 14.9 Å². The summed E-state index contributed by atoms with van der Waals surface area (Å²) in [6.45, 7) is 3.08. The zero-order valence-corrected chi connectivity index (χ0v) is 17.7. The molecule has 0 amide bonds. The van der Waals surface area contributed by atoms with E-state index in [1.165, 1.54) is 21.2 Å². The van der Waals surface area contributed by atoms with E-state index in [1.807, 2.05) is 7.05 Å². The van der Waals surface area contributed by atoms with Gasteiger partial charge in [0.15, 0.2) is 0 Å². The zero-order chi connectivity index (χ0) is 21.9. The van der Waals surface area contributed by atoms with Gasteiger partial charge in [-0.2, -0.15) is 0 Å². The highest BCUT2D eigenvalue weighted by Crippen LogP contribution is 2.33. The van der Waals surface area contributed by atoms with E-state index in [2.05, 4.69) is 66.2 Å². The second-order valence-electron chi connectivity index (χ2n) is 6.45. The van der Waals surface area contributed by atoms with Gasteiger partial charge in [-0.25, -0.2) is 9.59 Å². The molecule has 30 heavy (non-hydrogen) atoms. The number of hydrogen-bond acceptors (Lipinski definition) is 5. The molecule has 3 aromatic rings. The van der Waals surface area contributed by atoms with Crippen molar-refractivity contribution in [2.75, 3.05) is 13.6 Å². The molecule has 0 fully saturated rings. The molecular formula is C23H25NO5S. The number of fused-ring (bicyclic) bond motifs is 1. The Balaban J connectivity index is 0.000000343. The van der Waals surface area contributed by atoms with E-state index in [0.717, 1.165) is 18.7 Å². The number of carboxylic acid groups (broad SMARTS) is 2. The largest absolute Gasteiger partial charge is 0.484 e. The highest BCUT2D eigenvalue weighted by molar-refractivity contribution is 7.10. The van der Waals surface area contributed by atoms with Crippen LogP contribution in [0.15, 0.2) is 66.1 Å². The Morgan fingerprint density at radius 2 is 1.70 bits per heavy atom. The molecule has 0 aliphatic rings. The molecule has 6 nitrogen and oxygen atoms in total. The summed E-state index contributed by atoms with van der Waals surface area (Å²) in [5, 5.41) is 23.4. The number of aryl methyl sites for hydroxylation is 1. The fourth-order valence-corrected chi connectivity index (χ4v) is 3.62. The molecule has 2 aromatic carbocycles. The normalized spacial score (nSPS) is 11.7. The summed E-state index contributed by atoms with van der Waals surface area (Å²) in [6.07, 6.45) is 2.17. The Morgan fingerprint density at radius 3 is 2.27 bits per heavy atom. The number of hydrogen-bond donors (Lipinski definition) is 3. The van der Waals surface area contributed by atoms with Crippen LogP contribution in [0.3, 0.4) is 0 Å². The third-order valence-electron chi connectivity index (χ3n) is 4.26. The highest BCUT2D eigenvalue weighted by atomic mass is 32.1. The predicted molar refractivity (Wildman–Crippen MR) is 119 cm³/mol. The van der Waals surface area contributed by atoms with Gasteiger partial charge in [0, 0.05) is 28.8 Å². The smallest absolute Gasteiger partial charge is 0.328 e. The molecule has 3 rings (SSSR count). The van der Waals surface area contributed by atoms with Gasteiger partial charge in [0.25, 0.3) is 0 Å². The first kappa shape index (κ1) is 23.1. The first-order valence-corrected chi connectivity index (χ1v) is 10.3. The van der Waals surface area contributed by atoms with E-state index in [-0.39, 0.29) is 6.10 Å². The van der Waals surface area contributed by atoms with Crippen LogP contribution in [-0.2, 0) is 9.59 Å². The average Bonchev–Trinajstić information content (AvgIpc) is 3.26. The van der Waals surface area contributed by atoms with Crippen LogP contribution >= 0.6 is 11.3 Å². The lowest BCUT2D eigenvalue weighted by molar-refractivity contribution is -0.134. The minimum Gasteiger partial charge on any atom is -0.484 e. The molecule has 0 saturated carbocycles. The second-order valence-corrected chi connectivity index (χ2v) is 7.43. The van der Waals surface area contributed by atoms with Crippen LogP contribution in [-0.4, -0.2) is 35.7 Å². The monoisotopic (exact) mass is 427 g/mol. The molecule has 1 aromatic heterocycles. The van der Waals surface area contributed by atoms with Crippen molar-refractivity contribution in [3.8, 4) is 5.75 Å². The topological polar surface area (TPSA) is 95.9 Å². The third-order valence-corrected chi connectivity index (χ3v) is 5.22. The van der Waals surface area contributed by atoms with E-state index < -0.39 is 11.9 Å². The summed E-state index contributed by atoms with van der Waals surface area (Å²) in [7, 11) is 1.98. The number of nitrogens with one attached hydrogen (secondary N) is 1. The summed E-state index contributed by atoms with van der Waals surface area (Å²) in [5.41, 5.74) is 1.28. The number of carbonyl (C=O) groups is 2. The maximum absolute atomic E-state index is 9.55. The summed E-state index contributed by atoms with van der Waals surface area (Å²) in [5.74, 6) is -1.55. The molecule has 0 bridgehead atoms. The fraction of sp³-hybridized carbons (Fsp3) is 0.217. The predicted octanol–water partition coefficient (Wildman–Crippen LogP) is 4.65. The summed E-state index contributed by atoms with van der Waals surface area (Å²) in [4.78, 5) is 20.4. The molecule has 1 heterocycles. The van der Waals surface area contributed by atoms with Gasteiger partial charge >= 0.3 is 11.9 Å². The number of carboxylic acids is 2. The fourth-order valence-electron chi connectivity index (χ4n) is 2.83. The number of rotatable bonds is 8. The van der Waals surface area contributed by atoms with Crippen molar-refractivity contribution in [1.82, 2.24) is 5.32 Å². The van der Waals surface area contributed by atoms with Crippen LogP contribution in [0.4, 0.5) is 0 Å². The van der Waals surface area contributed by atoms with Crippen molar-refractivity contribution >= 4 is 34.0 Å². The Bertz CT molecular complexity index is 982. The Labute approximate surface area is 179 Å². The van der Waals surface area contributed by atoms with Crippen molar-refractivity contribution in [2.45, 2.75) is 19.4 Å². The van der Waals surface area contributed by atoms with E-state index in [0.29, 0.717) is 12.2 Å². The number of thiophene rings is 1. The quantitative estimate of drug-likeness (QED) is 0.453. The summed E-state index contributed by atoms with van der Waals surface area (Å²) < 4.78 is 6.40. The number of ether oxygens (including phenoxy) is 1. The second kappa shape index (κ2) is 11.7. The molecular weight excluding hydrogens is 402 g/mol. The van der Waals surface area contributed by atoms with Crippen molar-refractivity contribution in [2.24, 2.45) is 0 Å². The Morgan fingerprint density at radius 1 is 1.03 bits per heavy atom. The maximum atomic E-state index is 9.55. The minimum atomic E-state index is -1.26. The standard InChI is InChI=1S/C19H21NOS.C4H4O4/c1-14-9-10-17(16-7-4-3-6-15(14)16)21-18(11-12-20-2)19-8-5-13-22-19;5-3(6)1-2-4(7)8/h3-10,13,18,20H,11-12H2,1-2H3;1-2H,(H,5,6)(H,7,8). The zero-order valence-electron chi connectivity index (χ0n) is 16.9. The van der Waals surface area contributed by atoms with Gasteiger partial charge in [0.05, 0.1) is 0 Å². The lowest BCUT2D eigenvalue weighted by Crippen LogP contribution is -2.15. The molecule has 0 radical (unpaired) electrons. The van der Waals surface area contributed by atoms with Crippen molar-refractivity contribution in [3.63, 3.8) is 0 Å². The molecule has 1 unspecified atom stereocenters. The first-order chi connectivity index (χ1) is 14.4. The lowest BCUT2D eigenvalue weighted by Gasteiger charge is -2.20. The van der Waals surface area contributed by atoms with Gasteiger partial charge in [-0.1, -0.05) is 36.4 Å². The summed E-state index contributed by atoms with van der Waals surface area (Å²) >= 11 is 1.76. The van der Waals surface area contributed by atoms with Gasteiger partial charge < -0.3 is 20.3 Å². The van der Waals surface area contributed by atoms with Crippen LogP contribution < -0.4 is 10.1 Å². The van der Waals surface area contributed by atoms with Crippen LogP contribution in [0.1, 0.15) is 23.0 Å². The van der Waals surface area contributed by atoms with Gasteiger partial charge in [0.2, 0.25) is 0 Å². The molecule has 3 N–H and O–H groups in total. The maximum Gasteiger partial charge on any atom is 0.328 e. The van der Waals surface area contributed by atoms with Crippen LogP contribution in [0, 0.1) is 6.92 Å².